The third-order valence-electron chi connectivity index (χ3n) is 3.58. The predicted octanol–water partition coefficient (Wildman–Crippen LogP) is 1.53. The van der Waals surface area contributed by atoms with Gasteiger partial charge in [0.05, 0.1) is 11.5 Å². The summed E-state index contributed by atoms with van der Waals surface area (Å²) in [5.74, 6) is -0.897. The van der Waals surface area contributed by atoms with Crippen molar-refractivity contribution in [3.8, 4) is 0 Å². The highest BCUT2D eigenvalue weighted by atomic mass is 16.4. The number of carboxylic acid groups (broad SMARTS) is 1. The molecule has 1 aliphatic rings. The van der Waals surface area contributed by atoms with Crippen LogP contribution in [-0.2, 0) is 4.79 Å². The lowest BCUT2D eigenvalue weighted by molar-refractivity contribution is -0.147. The van der Waals surface area contributed by atoms with Crippen molar-refractivity contribution >= 4 is 12.0 Å². The number of likely N-dealkylation sites (N-methyl/N-ethyl adjacent to an activating group) is 1. The number of carbonyl (C=O) groups is 2. The van der Waals surface area contributed by atoms with Gasteiger partial charge < -0.3 is 19.9 Å². The average Bonchev–Trinajstić information content (AvgIpc) is 2.92. The molecule has 6 nitrogen and oxygen atoms in total. The largest absolute Gasteiger partial charge is 0.481 e. The SMILES string of the molecule is CN1C(=O)N(CC(C)(C)C(=O)O)CC1c1ccc[nH]1. The van der Waals surface area contributed by atoms with Crippen LogP contribution >= 0.6 is 0 Å². The number of rotatable bonds is 4. The van der Waals surface area contributed by atoms with Gasteiger partial charge >= 0.3 is 12.0 Å². The molecule has 2 rings (SSSR count). The zero-order valence-electron chi connectivity index (χ0n) is 11.4. The molecule has 19 heavy (non-hydrogen) atoms. The fourth-order valence-corrected chi connectivity index (χ4v) is 2.30. The van der Waals surface area contributed by atoms with Gasteiger partial charge in [0.15, 0.2) is 0 Å². The van der Waals surface area contributed by atoms with Gasteiger partial charge in [-0.3, -0.25) is 4.79 Å². The Morgan fingerprint density at radius 3 is 2.79 bits per heavy atom. The average molecular weight is 265 g/mol. The number of carbonyl (C=O) groups excluding carboxylic acids is 1. The van der Waals surface area contributed by atoms with Gasteiger partial charge in [0.1, 0.15) is 0 Å². The number of H-pyrrole nitrogens is 1. The van der Waals surface area contributed by atoms with Crippen LogP contribution in [0.15, 0.2) is 18.3 Å². The van der Waals surface area contributed by atoms with Crippen molar-refractivity contribution in [3.05, 3.63) is 24.0 Å². The van der Waals surface area contributed by atoms with Crippen LogP contribution in [0.1, 0.15) is 25.6 Å². The van der Waals surface area contributed by atoms with Crippen molar-refractivity contribution < 1.29 is 14.7 Å². The van der Waals surface area contributed by atoms with E-state index in [4.69, 9.17) is 5.11 Å². The smallest absolute Gasteiger partial charge is 0.320 e. The molecule has 0 saturated carbocycles. The number of carboxylic acids is 1. The summed E-state index contributed by atoms with van der Waals surface area (Å²) >= 11 is 0. The van der Waals surface area contributed by atoms with E-state index in [1.54, 1.807) is 30.7 Å². The minimum Gasteiger partial charge on any atom is -0.481 e. The lowest BCUT2D eigenvalue weighted by Gasteiger charge is -2.25. The van der Waals surface area contributed by atoms with Crippen molar-refractivity contribution in [3.63, 3.8) is 0 Å². The Balaban J connectivity index is 2.13. The maximum absolute atomic E-state index is 12.2. The third kappa shape index (κ3) is 2.43. The van der Waals surface area contributed by atoms with Crippen LogP contribution in [0.4, 0.5) is 4.79 Å². The zero-order chi connectivity index (χ0) is 14.2. The monoisotopic (exact) mass is 265 g/mol. The summed E-state index contributed by atoms with van der Waals surface area (Å²) < 4.78 is 0. The van der Waals surface area contributed by atoms with Crippen LogP contribution in [0, 0.1) is 5.41 Å². The van der Waals surface area contributed by atoms with E-state index in [2.05, 4.69) is 4.98 Å². The van der Waals surface area contributed by atoms with Crippen LogP contribution in [0.5, 0.6) is 0 Å². The molecule has 0 aromatic carbocycles. The quantitative estimate of drug-likeness (QED) is 0.866. The van der Waals surface area contributed by atoms with Crippen LogP contribution in [0.25, 0.3) is 0 Å². The van der Waals surface area contributed by atoms with E-state index in [1.807, 2.05) is 18.3 Å². The van der Waals surface area contributed by atoms with Crippen LogP contribution in [-0.4, -0.2) is 52.0 Å². The highest BCUT2D eigenvalue weighted by Gasteiger charge is 2.40. The first kappa shape index (κ1) is 13.5. The molecule has 104 valence electrons. The van der Waals surface area contributed by atoms with Crippen molar-refractivity contribution in [1.82, 2.24) is 14.8 Å². The normalized spacial score (nSPS) is 20.2. The number of aromatic amines is 1. The molecule has 6 heteroatoms. The van der Waals surface area contributed by atoms with Crippen molar-refractivity contribution in [2.24, 2.45) is 5.41 Å². The number of urea groups is 1. The molecule has 1 fully saturated rings. The number of aliphatic carboxylic acids is 1. The number of hydrogen-bond donors (Lipinski definition) is 2. The van der Waals surface area contributed by atoms with Crippen LogP contribution in [0.2, 0.25) is 0 Å². The van der Waals surface area contributed by atoms with Gasteiger partial charge in [-0.15, -0.1) is 0 Å². The van der Waals surface area contributed by atoms with Crippen molar-refractivity contribution in [2.75, 3.05) is 20.1 Å². The van der Waals surface area contributed by atoms with Crippen LogP contribution < -0.4 is 0 Å². The molecular formula is C13H19N3O3. The molecular weight excluding hydrogens is 246 g/mol. The minimum absolute atomic E-state index is 0.0490. The molecule has 0 aliphatic carbocycles. The highest BCUT2D eigenvalue weighted by molar-refractivity contribution is 5.79. The fraction of sp³-hybridized carbons (Fsp3) is 0.538. The highest BCUT2D eigenvalue weighted by Crippen LogP contribution is 2.29. The summed E-state index contributed by atoms with van der Waals surface area (Å²) in [6.45, 7) is 3.98. The Morgan fingerprint density at radius 1 is 1.58 bits per heavy atom. The molecule has 1 saturated heterocycles. The molecule has 0 radical (unpaired) electrons. The zero-order valence-corrected chi connectivity index (χ0v) is 11.4. The molecule has 0 bridgehead atoms. The van der Waals surface area contributed by atoms with E-state index >= 15 is 0 Å². The molecule has 2 heterocycles. The second-order valence-corrected chi connectivity index (χ2v) is 5.60. The molecule has 1 aliphatic heterocycles. The first-order valence-electron chi connectivity index (χ1n) is 6.21. The number of aromatic nitrogens is 1. The lowest BCUT2D eigenvalue weighted by atomic mass is 9.93. The predicted molar refractivity (Wildman–Crippen MR) is 69.7 cm³/mol. The molecule has 0 spiro atoms. The number of nitrogens with one attached hydrogen (secondary N) is 1. The van der Waals surface area contributed by atoms with Crippen molar-refractivity contribution in [1.29, 1.82) is 0 Å². The van der Waals surface area contributed by atoms with E-state index in [1.165, 1.54) is 0 Å². The van der Waals surface area contributed by atoms with Gasteiger partial charge in [-0.25, -0.2) is 4.79 Å². The summed E-state index contributed by atoms with van der Waals surface area (Å²) in [5.41, 5.74) is 0.0210. The number of amides is 2. The van der Waals surface area contributed by atoms with E-state index in [9.17, 15) is 9.59 Å². The van der Waals surface area contributed by atoms with E-state index < -0.39 is 11.4 Å². The van der Waals surface area contributed by atoms with Gasteiger partial charge in [-0.05, 0) is 26.0 Å². The Morgan fingerprint density at radius 2 is 2.26 bits per heavy atom. The summed E-state index contributed by atoms with van der Waals surface area (Å²) in [5, 5.41) is 9.15. The number of nitrogens with zero attached hydrogens (tertiary/aromatic N) is 2. The molecule has 2 N–H and O–H groups in total. The van der Waals surface area contributed by atoms with E-state index in [-0.39, 0.29) is 18.6 Å². The van der Waals surface area contributed by atoms with E-state index in [0.717, 1.165) is 5.69 Å². The molecule has 1 aromatic rings. The van der Waals surface area contributed by atoms with Gasteiger partial charge in [-0.2, -0.15) is 0 Å². The van der Waals surface area contributed by atoms with Crippen molar-refractivity contribution in [2.45, 2.75) is 19.9 Å². The Kier molecular flexibility index (Phi) is 3.26. The van der Waals surface area contributed by atoms with Gasteiger partial charge in [0, 0.05) is 32.0 Å². The second kappa shape index (κ2) is 4.60. The molecule has 1 aromatic heterocycles. The summed E-state index contributed by atoms with van der Waals surface area (Å²) in [6, 6.07) is 3.64. The van der Waals surface area contributed by atoms with Crippen LogP contribution in [0.3, 0.4) is 0 Å². The molecule has 2 amide bonds. The van der Waals surface area contributed by atoms with Gasteiger partial charge in [-0.1, -0.05) is 0 Å². The summed E-state index contributed by atoms with van der Waals surface area (Å²) in [6.07, 6.45) is 1.82. The minimum atomic E-state index is -0.943. The summed E-state index contributed by atoms with van der Waals surface area (Å²) in [4.78, 5) is 29.6. The standard InChI is InChI=1S/C13H19N3O3/c1-13(2,11(17)18)8-16-7-10(15(3)12(16)19)9-5-4-6-14-9/h4-6,10,14H,7-8H2,1-3H3,(H,17,18). The maximum atomic E-state index is 12.2. The van der Waals surface area contributed by atoms with Gasteiger partial charge in [0.2, 0.25) is 0 Å². The fourth-order valence-electron chi connectivity index (χ4n) is 2.30. The second-order valence-electron chi connectivity index (χ2n) is 5.60. The third-order valence-corrected chi connectivity index (χ3v) is 3.58. The summed E-state index contributed by atoms with van der Waals surface area (Å²) in [7, 11) is 1.74. The topological polar surface area (TPSA) is 76.6 Å². The Labute approximate surface area is 112 Å². The lowest BCUT2D eigenvalue weighted by Crippen LogP contribution is -2.41. The first-order chi connectivity index (χ1) is 8.83. The maximum Gasteiger partial charge on any atom is 0.320 e. The Hall–Kier alpha value is -1.98. The molecule has 1 atom stereocenters. The molecule has 1 unspecified atom stereocenters. The van der Waals surface area contributed by atoms with E-state index in [0.29, 0.717) is 6.54 Å². The first-order valence-corrected chi connectivity index (χ1v) is 6.21. The number of hydrogen-bond acceptors (Lipinski definition) is 2. The van der Waals surface area contributed by atoms with Gasteiger partial charge in [0.25, 0.3) is 0 Å². The Bertz CT molecular complexity index is 481.